The van der Waals surface area contributed by atoms with Crippen LogP contribution in [0.2, 0.25) is 0 Å². The molecule has 0 bridgehead atoms. The van der Waals surface area contributed by atoms with Crippen LogP contribution in [0.25, 0.3) is 0 Å². The van der Waals surface area contributed by atoms with Gasteiger partial charge in [0, 0.05) is 13.1 Å². The van der Waals surface area contributed by atoms with Crippen LogP contribution in [0.5, 0.6) is 5.75 Å². The van der Waals surface area contributed by atoms with Crippen molar-refractivity contribution >= 4 is 5.91 Å². The molecule has 1 N–H and O–H groups in total. The van der Waals surface area contributed by atoms with E-state index in [0.717, 1.165) is 37.2 Å². The Labute approximate surface area is 133 Å². The molecule has 1 aromatic rings. The van der Waals surface area contributed by atoms with Crippen molar-refractivity contribution in [2.75, 3.05) is 26.7 Å². The van der Waals surface area contributed by atoms with E-state index in [1.54, 1.807) is 0 Å². The van der Waals surface area contributed by atoms with E-state index >= 15 is 0 Å². The minimum atomic E-state index is 0.000577. The van der Waals surface area contributed by atoms with Gasteiger partial charge in [-0.2, -0.15) is 0 Å². The second-order valence-electron chi connectivity index (χ2n) is 7.02. The van der Waals surface area contributed by atoms with Crippen LogP contribution >= 0.6 is 0 Å². The summed E-state index contributed by atoms with van der Waals surface area (Å²) in [6.45, 7) is 8.52. The molecule has 0 aromatic heterocycles. The molecule has 0 radical (unpaired) electrons. The van der Waals surface area contributed by atoms with Crippen LogP contribution in [0.1, 0.15) is 39.2 Å². The van der Waals surface area contributed by atoms with Crippen molar-refractivity contribution in [3.63, 3.8) is 0 Å². The van der Waals surface area contributed by atoms with Crippen LogP contribution in [-0.2, 0) is 10.2 Å². The van der Waals surface area contributed by atoms with E-state index in [9.17, 15) is 4.79 Å². The molecule has 1 aliphatic heterocycles. The number of piperidine rings is 1. The van der Waals surface area contributed by atoms with E-state index in [2.05, 4.69) is 32.2 Å². The predicted octanol–water partition coefficient (Wildman–Crippen LogP) is 2.57. The van der Waals surface area contributed by atoms with Crippen LogP contribution in [0.15, 0.2) is 24.3 Å². The summed E-state index contributed by atoms with van der Waals surface area (Å²) in [5.74, 6) is 0.859. The van der Waals surface area contributed by atoms with E-state index in [0.29, 0.717) is 6.04 Å². The molecule has 22 heavy (non-hydrogen) atoms. The van der Waals surface area contributed by atoms with Gasteiger partial charge in [0.15, 0.2) is 6.61 Å². The topological polar surface area (TPSA) is 41.6 Å². The molecule has 0 unspecified atom stereocenters. The van der Waals surface area contributed by atoms with E-state index in [1.807, 2.05) is 30.1 Å². The fourth-order valence-electron chi connectivity index (χ4n) is 2.85. The minimum Gasteiger partial charge on any atom is -0.483 e. The molecule has 0 spiro atoms. The van der Waals surface area contributed by atoms with Gasteiger partial charge in [-0.05, 0) is 43.0 Å². The third kappa shape index (κ3) is 4.23. The summed E-state index contributed by atoms with van der Waals surface area (Å²) in [4.78, 5) is 14.2. The first-order valence-electron chi connectivity index (χ1n) is 8.08. The number of carbonyl (C=O) groups excluding carboxylic acids is 1. The van der Waals surface area contributed by atoms with Crippen molar-refractivity contribution in [1.29, 1.82) is 0 Å². The van der Waals surface area contributed by atoms with Crippen LogP contribution in [-0.4, -0.2) is 43.6 Å². The Kier molecular flexibility index (Phi) is 5.46. The smallest absolute Gasteiger partial charge is 0.260 e. The molecule has 1 saturated heterocycles. The molecular weight excluding hydrogens is 276 g/mol. The van der Waals surface area contributed by atoms with E-state index in [-0.39, 0.29) is 17.9 Å². The number of hydrogen-bond donors (Lipinski definition) is 1. The second-order valence-corrected chi connectivity index (χ2v) is 7.02. The first-order chi connectivity index (χ1) is 10.4. The highest BCUT2D eigenvalue weighted by atomic mass is 16.5. The molecule has 4 heteroatoms. The number of para-hydroxylation sites is 1. The molecule has 1 aromatic carbocycles. The average molecular weight is 304 g/mol. The van der Waals surface area contributed by atoms with E-state index in [1.165, 1.54) is 0 Å². The number of nitrogens with one attached hydrogen (secondary N) is 1. The predicted molar refractivity (Wildman–Crippen MR) is 89.3 cm³/mol. The number of nitrogens with zero attached hydrogens (tertiary/aromatic N) is 1. The highest BCUT2D eigenvalue weighted by Crippen LogP contribution is 2.30. The molecule has 0 atom stereocenters. The number of hydrogen-bond acceptors (Lipinski definition) is 3. The molecular formula is C18H28N2O2. The number of benzene rings is 1. The van der Waals surface area contributed by atoms with Crippen molar-refractivity contribution in [2.24, 2.45) is 0 Å². The first kappa shape index (κ1) is 16.8. The fraction of sp³-hybridized carbons (Fsp3) is 0.611. The van der Waals surface area contributed by atoms with Crippen LogP contribution < -0.4 is 10.1 Å². The summed E-state index contributed by atoms with van der Waals surface area (Å²) in [6.07, 6.45) is 2.03. The van der Waals surface area contributed by atoms with Crippen molar-refractivity contribution in [1.82, 2.24) is 10.2 Å². The average Bonchev–Trinajstić information content (AvgIpc) is 2.52. The van der Waals surface area contributed by atoms with Gasteiger partial charge in [-0.3, -0.25) is 4.79 Å². The summed E-state index contributed by atoms with van der Waals surface area (Å²) in [7, 11) is 1.89. The highest BCUT2D eigenvalue weighted by Gasteiger charge is 2.23. The Balaban J connectivity index is 1.96. The lowest BCUT2D eigenvalue weighted by molar-refractivity contribution is -0.134. The highest BCUT2D eigenvalue weighted by molar-refractivity contribution is 5.77. The van der Waals surface area contributed by atoms with Crippen LogP contribution in [0.4, 0.5) is 0 Å². The third-order valence-electron chi connectivity index (χ3n) is 4.30. The molecule has 0 saturated carbocycles. The van der Waals surface area contributed by atoms with Gasteiger partial charge < -0.3 is 15.0 Å². The maximum atomic E-state index is 12.4. The quantitative estimate of drug-likeness (QED) is 0.929. The van der Waals surface area contributed by atoms with Crippen LogP contribution in [0.3, 0.4) is 0 Å². The Morgan fingerprint density at radius 1 is 1.27 bits per heavy atom. The minimum absolute atomic E-state index is 0.000577. The summed E-state index contributed by atoms with van der Waals surface area (Å²) < 4.78 is 5.83. The molecule has 122 valence electrons. The maximum absolute atomic E-state index is 12.4. The van der Waals surface area contributed by atoms with Crippen LogP contribution in [0, 0.1) is 0 Å². The SMILES string of the molecule is CN(C(=O)COc1ccccc1C(C)(C)C)C1CCNCC1. The lowest BCUT2D eigenvalue weighted by Crippen LogP contribution is -2.45. The molecule has 1 heterocycles. The van der Waals surface area contributed by atoms with Crippen molar-refractivity contribution < 1.29 is 9.53 Å². The van der Waals surface area contributed by atoms with Gasteiger partial charge in [0.2, 0.25) is 0 Å². The van der Waals surface area contributed by atoms with Gasteiger partial charge in [-0.1, -0.05) is 39.0 Å². The zero-order chi connectivity index (χ0) is 16.2. The zero-order valence-corrected chi connectivity index (χ0v) is 14.2. The van der Waals surface area contributed by atoms with E-state index < -0.39 is 0 Å². The molecule has 0 aliphatic carbocycles. The summed E-state index contributed by atoms with van der Waals surface area (Å²) in [6, 6.07) is 8.30. The number of rotatable bonds is 4. The molecule has 1 amide bonds. The van der Waals surface area contributed by atoms with Gasteiger partial charge in [0.25, 0.3) is 5.91 Å². The number of likely N-dealkylation sites (N-methyl/N-ethyl adjacent to an activating group) is 1. The first-order valence-corrected chi connectivity index (χ1v) is 8.08. The normalized spacial score (nSPS) is 16.4. The van der Waals surface area contributed by atoms with Gasteiger partial charge >= 0.3 is 0 Å². The van der Waals surface area contributed by atoms with Gasteiger partial charge in [-0.15, -0.1) is 0 Å². The lowest BCUT2D eigenvalue weighted by atomic mass is 9.86. The second kappa shape index (κ2) is 7.14. The van der Waals surface area contributed by atoms with Gasteiger partial charge in [0.1, 0.15) is 5.75 Å². The molecule has 1 fully saturated rings. The lowest BCUT2D eigenvalue weighted by Gasteiger charge is -2.31. The largest absolute Gasteiger partial charge is 0.483 e. The van der Waals surface area contributed by atoms with E-state index in [4.69, 9.17) is 4.74 Å². The Morgan fingerprint density at radius 3 is 2.55 bits per heavy atom. The fourth-order valence-corrected chi connectivity index (χ4v) is 2.85. The third-order valence-corrected chi connectivity index (χ3v) is 4.30. The zero-order valence-electron chi connectivity index (χ0n) is 14.2. The Morgan fingerprint density at radius 2 is 1.91 bits per heavy atom. The molecule has 4 nitrogen and oxygen atoms in total. The van der Waals surface area contributed by atoms with Gasteiger partial charge in [-0.25, -0.2) is 0 Å². The monoisotopic (exact) mass is 304 g/mol. The Hall–Kier alpha value is -1.55. The standard InChI is InChI=1S/C18H28N2O2/c1-18(2,3)15-7-5-6-8-16(15)22-13-17(21)20(4)14-9-11-19-12-10-14/h5-8,14,19H,9-13H2,1-4H3. The van der Waals surface area contributed by atoms with Gasteiger partial charge in [0.05, 0.1) is 0 Å². The Bertz CT molecular complexity index is 502. The number of amides is 1. The van der Waals surface area contributed by atoms with Crippen molar-refractivity contribution in [3.8, 4) is 5.75 Å². The molecule has 2 rings (SSSR count). The molecule has 1 aliphatic rings. The summed E-state index contributed by atoms with van der Waals surface area (Å²) >= 11 is 0. The number of ether oxygens (including phenoxy) is 1. The van der Waals surface area contributed by atoms with Crippen molar-refractivity contribution in [2.45, 2.75) is 45.1 Å². The van der Waals surface area contributed by atoms with Crippen molar-refractivity contribution in [3.05, 3.63) is 29.8 Å². The number of carbonyl (C=O) groups is 1. The summed E-state index contributed by atoms with van der Waals surface area (Å²) in [5.41, 5.74) is 1.13. The summed E-state index contributed by atoms with van der Waals surface area (Å²) in [5, 5.41) is 3.32. The maximum Gasteiger partial charge on any atom is 0.260 e.